The number of carbonyl (C=O) groups excluding carboxylic acids is 3. The fourth-order valence-electron chi connectivity index (χ4n) is 4.97. The van der Waals surface area contributed by atoms with Gasteiger partial charge in [-0.25, -0.2) is 0 Å². The van der Waals surface area contributed by atoms with Crippen molar-refractivity contribution in [2.45, 2.75) is 77.4 Å². The third-order valence-electron chi connectivity index (χ3n) is 6.57. The molecule has 1 aliphatic carbocycles. The number of carboxylic acid groups (broad SMARTS) is 1. The number of aromatic nitrogens is 1. The molecule has 30 heavy (non-hydrogen) atoms. The van der Waals surface area contributed by atoms with Crippen LogP contribution in [0.3, 0.4) is 0 Å². The minimum Gasteiger partial charge on any atom is -0.481 e. The summed E-state index contributed by atoms with van der Waals surface area (Å²) in [5, 5.41) is 15.3. The predicted octanol–water partition coefficient (Wildman–Crippen LogP) is 1.62. The van der Waals surface area contributed by atoms with Crippen LogP contribution < -0.4 is 10.6 Å². The van der Waals surface area contributed by atoms with Gasteiger partial charge in [-0.15, -0.1) is 0 Å². The van der Waals surface area contributed by atoms with Gasteiger partial charge in [-0.1, -0.05) is 26.7 Å². The summed E-state index contributed by atoms with van der Waals surface area (Å²) in [7, 11) is 0. The molecule has 1 aromatic rings. The van der Waals surface area contributed by atoms with E-state index < -0.39 is 29.9 Å². The van der Waals surface area contributed by atoms with Crippen LogP contribution in [0, 0.1) is 11.8 Å². The number of Topliss-reactive ketones (excluding diaryl/α,β-unsaturated/α-hetero) is 1. The standard InChI is InChI=1S/C22H31N3O5/c1-4-13(5-2)19(23-12(3)26)21(28)24-16-7-6-14-8-9-25-11-15(22(29)30)10-17(27)18(16)20(14)25/h8-9,13,15-16,18-19H,4-7,10-11H2,1-3H3,(H,23,26)(H,24,28)(H,29,30)/t15-,16-,18?,19?/m0/s1. The predicted molar refractivity (Wildman–Crippen MR) is 110 cm³/mol. The smallest absolute Gasteiger partial charge is 0.308 e. The van der Waals surface area contributed by atoms with Crippen LogP contribution in [-0.4, -0.2) is 45.3 Å². The van der Waals surface area contributed by atoms with Crippen molar-refractivity contribution in [1.29, 1.82) is 0 Å². The Kier molecular flexibility index (Phi) is 6.63. The summed E-state index contributed by atoms with van der Waals surface area (Å²) in [5.74, 6) is -3.01. The number of rotatable bonds is 7. The molecule has 1 aromatic heterocycles. The van der Waals surface area contributed by atoms with Crippen molar-refractivity contribution in [1.82, 2.24) is 15.2 Å². The van der Waals surface area contributed by atoms with E-state index in [1.54, 1.807) is 0 Å². The van der Waals surface area contributed by atoms with Crippen LogP contribution >= 0.6 is 0 Å². The second-order valence-electron chi connectivity index (χ2n) is 8.47. The minimum absolute atomic E-state index is 0.00172. The fourth-order valence-corrected chi connectivity index (χ4v) is 4.97. The van der Waals surface area contributed by atoms with Crippen molar-refractivity contribution in [3.63, 3.8) is 0 Å². The van der Waals surface area contributed by atoms with Crippen LogP contribution in [0.5, 0.6) is 0 Å². The molecule has 164 valence electrons. The molecule has 0 aromatic carbocycles. The van der Waals surface area contributed by atoms with Gasteiger partial charge in [0.05, 0.1) is 11.8 Å². The highest BCUT2D eigenvalue weighted by Gasteiger charge is 2.43. The van der Waals surface area contributed by atoms with Crippen molar-refractivity contribution < 1.29 is 24.3 Å². The summed E-state index contributed by atoms with van der Waals surface area (Å²) in [6, 6.07) is 0.880. The molecule has 1 aliphatic heterocycles. The lowest BCUT2D eigenvalue weighted by Crippen LogP contribution is -2.55. The molecule has 2 heterocycles. The molecule has 8 nitrogen and oxygen atoms in total. The SMILES string of the molecule is CCC(CC)C(NC(C)=O)C(=O)N[C@H]1CCc2ccn3c2C1C(=O)C[C@H](C(=O)O)C3. The van der Waals surface area contributed by atoms with Crippen molar-refractivity contribution in [3.8, 4) is 0 Å². The highest BCUT2D eigenvalue weighted by molar-refractivity contribution is 5.92. The fraction of sp³-hybridized carbons (Fsp3) is 0.636. The highest BCUT2D eigenvalue weighted by Crippen LogP contribution is 2.38. The van der Waals surface area contributed by atoms with Gasteiger partial charge in [-0.2, -0.15) is 0 Å². The Morgan fingerprint density at radius 3 is 2.57 bits per heavy atom. The Hall–Kier alpha value is -2.64. The maximum atomic E-state index is 13.1. The number of carbonyl (C=O) groups is 4. The summed E-state index contributed by atoms with van der Waals surface area (Å²) >= 11 is 0. The summed E-state index contributed by atoms with van der Waals surface area (Å²) in [5.41, 5.74) is 1.88. The van der Waals surface area contributed by atoms with E-state index in [9.17, 15) is 24.3 Å². The number of hydrogen-bond donors (Lipinski definition) is 3. The number of aliphatic carboxylic acids is 1. The van der Waals surface area contributed by atoms with E-state index in [0.29, 0.717) is 12.8 Å². The monoisotopic (exact) mass is 417 g/mol. The summed E-state index contributed by atoms with van der Waals surface area (Å²) in [4.78, 5) is 49.5. The first-order valence-corrected chi connectivity index (χ1v) is 10.8. The molecule has 0 saturated heterocycles. The molecule has 0 saturated carbocycles. The third kappa shape index (κ3) is 4.27. The lowest BCUT2D eigenvalue weighted by atomic mass is 9.79. The first-order valence-electron chi connectivity index (χ1n) is 10.8. The molecule has 3 N–H and O–H groups in total. The third-order valence-corrected chi connectivity index (χ3v) is 6.57. The Balaban J connectivity index is 1.87. The number of carboxylic acids is 1. The molecule has 2 aliphatic rings. The molecule has 3 rings (SSSR count). The average Bonchev–Trinajstić information content (AvgIpc) is 3.02. The summed E-state index contributed by atoms with van der Waals surface area (Å²) < 4.78 is 1.87. The zero-order valence-corrected chi connectivity index (χ0v) is 17.8. The first-order chi connectivity index (χ1) is 14.3. The Morgan fingerprint density at radius 2 is 1.97 bits per heavy atom. The Bertz CT molecular complexity index is 842. The van der Waals surface area contributed by atoms with Crippen LogP contribution in [0.15, 0.2) is 12.3 Å². The first kappa shape index (κ1) is 22.1. The van der Waals surface area contributed by atoms with Crippen LogP contribution in [0.4, 0.5) is 0 Å². The molecular formula is C22H31N3O5. The molecule has 0 fully saturated rings. The van der Waals surface area contributed by atoms with Gasteiger partial charge in [-0.05, 0) is 30.4 Å². The largest absolute Gasteiger partial charge is 0.481 e. The van der Waals surface area contributed by atoms with E-state index in [1.165, 1.54) is 6.92 Å². The van der Waals surface area contributed by atoms with E-state index in [4.69, 9.17) is 0 Å². The van der Waals surface area contributed by atoms with Gasteiger partial charge in [0, 0.05) is 37.8 Å². The Morgan fingerprint density at radius 1 is 1.27 bits per heavy atom. The molecule has 0 bridgehead atoms. The lowest BCUT2D eigenvalue weighted by molar-refractivity contribution is -0.144. The summed E-state index contributed by atoms with van der Waals surface area (Å²) in [6.45, 7) is 5.62. The molecule has 2 unspecified atom stereocenters. The normalized spacial score (nSPS) is 24.0. The minimum atomic E-state index is -0.982. The van der Waals surface area contributed by atoms with Crippen LogP contribution in [0.25, 0.3) is 0 Å². The van der Waals surface area contributed by atoms with Gasteiger partial charge < -0.3 is 20.3 Å². The second-order valence-corrected chi connectivity index (χ2v) is 8.47. The zero-order valence-electron chi connectivity index (χ0n) is 17.8. The summed E-state index contributed by atoms with van der Waals surface area (Å²) in [6.07, 6.45) is 4.61. The number of amides is 2. The van der Waals surface area contributed by atoms with E-state index in [1.807, 2.05) is 30.7 Å². The van der Waals surface area contributed by atoms with Crippen LogP contribution in [-0.2, 0) is 32.1 Å². The second kappa shape index (κ2) is 9.02. The molecule has 2 amide bonds. The zero-order chi connectivity index (χ0) is 22.0. The van der Waals surface area contributed by atoms with Gasteiger partial charge in [0.2, 0.25) is 11.8 Å². The van der Waals surface area contributed by atoms with E-state index >= 15 is 0 Å². The number of hydrogen-bond acceptors (Lipinski definition) is 4. The van der Waals surface area contributed by atoms with Crippen molar-refractivity contribution in [3.05, 3.63) is 23.5 Å². The number of nitrogens with zero attached hydrogens (tertiary/aromatic N) is 1. The highest BCUT2D eigenvalue weighted by atomic mass is 16.4. The van der Waals surface area contributed by atoms with Crippen LogP contribution in [0.1, 0.15) is 63.6 Å². The van der Waals surface area contributed by atoms with E-state index in [2.05, 4.69) is 10.6 Å². The van der Waals surface area contributed by atoms with Crippen molar-refractivity contribution in [2.24, 2.45) is 11.8 Å². The maximum Gasteiger partial charge on any atom is 0.308 e. The lowest BCUT2D eigenvalue weighted by Gasteiger charge is -2.34. The van der Waals surface area contributed by atoms with Gasteiger partial charge in [-0.3, -0.25) is 19.2 Å². The van der Waals surface area contributed by atoms with Crippen molar-refractivity contribution in [2.75, 3.05) is 0 Å². The number of ketones is 1. The number of nitrogens with one attached hydrogen (secondary N) is 2. The molecular weight excluding hydrogens is 386 g/mol. The Labute approximate surface area is 176 Å². The van der Waals surface area contributed by atoms with Crippen LogP contribution in [0.2, 0.25) is 0 Å². The maximum absolute atomic E-state index is 13.1. The van der Waals surface area contributed by atoms with E-state index in [0.717, 1.165) is 24.1 Å². The van der Waals surface area contributed by atoms with Gasteiger partial charge in [0.15, 0.2) is 0 Å². The number of aryl methyl sites for hydroxylation is 1. The average molecular weight is 418 g/mol. The molecule has 0 spiro atoms. The topological polar surface area (TPSA) is 118 Å². The van der Waals surface area contributed by atoms with Gasteiger partial charge in [0.1, 0.15) is 11.8 Å². The van der Waals surface area contributed by atoms with Gasteiger partial charge in [0.25, 0.3) is 0 Å². The van der Waals surface area contributed by atoms with E-state index in [-0.39, 0.29) is 36.5 Å². The quantitative estimate of drug-likeness (QED) is 0.623. The van der Waals surface area contributed by atoms with Crippen molar-refractivity contribution >= 4 is 23.6 Å². The molecule has 4 atom stereocenters. The molecule has 8 heteroatoms. The van der Waals surface area contributed by atoms with Gasteiger partial charge >= 0.3 is 5.97 Å². The molecule has 0 radical (unpaired) electrons.